The Labute approximate surface area is 132 Å². The van der Waals surface area contributed by atoms with Gasteiger partial charge < -0.3 is 14.7 Å². The molecule has 0 atom stereocenters. The maximum Gasteiger partial charge on any atom is 0.338 e. The van der Waals surface area contributed by atoms with Crippen LogP contribution in [0.1, 0.15) is 15.9 Å². The second-order valence-corrected chi connectivity index (χ2v) is 5.50. The van der Waals surface area contributed by atoms with Crippen molar-refractivity contribution in [3.8, 4) is 5.75 Å². The lowest BCUT2D eigenvalue weighted by atomic mass is 10.1. The lowest BCUT2D eigenvalue weighted by molar-refractivity contribution is 0.0696. The van der Waals surface area contributed by atoms with Crippen LogP contribution < -0.4 is 9.64 Å². The van der Waals surface area contributed by atoms with Crippen LogP contribution in [-0.4, -0.2) is 25.2 Å². The van der Waals surface area contributed by atoms with Crippen molar-refractivity contribution in [3.63, 3.8) is 0 Å². The minimum atomic E-state index is -0.949. The third-order valence-electron chi connectivity index (χ3n) is 3.17. The Kier molecular flexibility index (Phi) is 4.85. The molecule has 0 radical (unpaired) electrons. The van der Waals surface area contributed by atoms with Gasteiger partial charge in [-0.05, 0) is 45.8 Å². The van der Waals surface area contributed by atoms with Gasteiger partial charge in [0.25, 0.3) is 0 Å². The number of carboxylic acid groups (broad SMARTS) is 1. The van der Waals surface area contributed by atoms with Crippen LogP contribution in [0.25, 0.3) is 0 Å². The van der Waals surface area contributed by atoms with E-state index in [0.717, 1.165) is 11.3 Å². The molecule has 0 aliphatic heterocycles. The number of benzene rings is 2. The van der Waals surface area contributed by atoms with Crippen molar-refractivity contribution in [2.75, 3.05) is 19.1 Å². The van der Waals surface area contributed by atoms with Crippen LogP contribution in [0, 0.1) is 0 Å². The fourth-order valence-electron chi connectivity index (χ4n) is 2.17. The summed E-state index contributed by atoms with van der Waals surface area (Å²) in [5.41, 5.74) is 1.98. The third-order valence-corrected chi connectivity index (χ3v) is 3.83. The molecule has 0 aliphatic rings. The summed E-state index contributed by atoms with van der Waals surface area (Å²) in [6.07, 6.45) is 0. The molecule has 21 heavy (non-hydrogen) atoms. The van der Waals surface area contributed by atoms with E-state index in [0.29, 0.717) is 16.7 Å². The molecule has 2 aromatic carbocycles. The van der Waals surface area contributed by atoms with E-state index >= 15 is 0 Å². The van der Waals surface area contributed by atoms with E-state index in [1.807, 2.05) is 42.3 Å². The summed E-state index contributed by atoms with van der Waals surface area (Å²) >= 11 is 3.30. The first-order valence-corrected chi connectivity index (χ1v) is 7.18. The predicted molar refractivity (Wildman–Crippen MR) is 86.2 cm³/mol. The standard InChI is InChI=1S/C16H16BrNO3/c1-18(10-11-5-3-6-12(9-11)21-2)14-8-4-7-13(17)15(14)16(19)20/h3-9H,10H2,1-2H3,(H,19,20). The largest absolute Gasteiger partial charge is 0.497 e. The number of nitrogens with zero attached hydrogens (tertiary/aromatic N) is 1. The van der Waals surface area contributed by atoms with E-state index in [4.69, 9.17) is 4.74 Å². The molecular weight excluding hydrogens is 334 g/mol. The molecule has 0 aliphatic carbocycles. The molecule has 0 saturated carbocycles. The maximum atomic E-state index is 11.4. The third kappa shape index (κ3) is 3.55. The van der Waals surface area contributed by atoms with Crippen LogP contribution in [-0.2, 0) is 6.54 Å². The highest BCUT2D eigenvalue weighted by atomic mass is 79.9. The summed E-state index contributed by atoms with van der Waals surface area (Å²) in [6, 6.07) is 13.1. The van der Waals surface area contributed by atoms with Crippen LogP contribution in [0.4, 0.5) is 5.69 Å². The van der Waals surface area contributed by atoms with Crippen LogP contribution in [0.5, 0.6) is 5.75 Å². The molecule has 0 saturated heterocycles. The van der Waals surface area contributed by atoms with Gasteiger partial charge in [-0.3, -0.25) is 0 Å². The van der Waals surface area contributed by atoms with E-state index in [1.54, 1.807) is 19.2 Å². The minimum absolute atomic E-state index is 0.267. The fraction of sp³-hybridized carbons (Fsp3) is 0.188. The van der Waals surface area contributed by atoms with Crippen LogP contribution in [0.2, 0.25) is 0 Å². The Morgan fingerprint density at radius 2 is 2.00 bits per heavy atom. The molecule has 0 aromatic heterocycles. The molecule has 0 unspecified atom stereocenters. The summed E-state index contributed by atoms with van der Waals surface area (Å²) in [5.74, 6) is -0.163. The maximum absolute atomic E-state index is 11.4. The molecule has 5 heteroatoms. The molecule has 0 amide bonds. The van der Waals surface area contributed by atoms with Gasteiger partial charge in [-0.25, -0.2) is 4.79 Å². The molecule has 0 bridgehead atoms. The molecule has 1 N–H and O–H groups in total. The van der Waals surface area contributed by atoms with Gasteiger partial charge in [-0.2, -0.15) is 0 Å². The Morgan fingerprint density at radius 1 is 1.29 bits per heavy atom. The van der Waals surface area contributed by atoms with Crippen molar-refractivity contribution in [2.24, 2.45) is 0 Å². The summed E-state index contributed by atoms with van der Waals surface area (Å²) < 4.78 is 5.78. The summed E-state index contributed by atoms with van der Waals surface area (Å²) in [4.78, 5) is 13.3. The summed E-state index contributed by atoms with van der Waals surface area (Å²) in [7, 11) is 3.49. The van der Waals surface area contributed by atoms with Gasteiger partial charge >= 0.3 is 5.97 Å². The highest BCUT2D eigenvalue weighted by Gasteiger charge is 2.17. The van der Waals surface area contributed by atoms with Crippen LogP contribution in [0.15, 0.2) is 46.9 Å². The number of ether oxygens (including phenoxy) is 1. The second kappa shape index (κ2) is 6.63. The number of carbonyl (C=O) groups is 1. The first-order valence-electron chi connectivity index (χ1n) is 6.39. The molecule has 2 aromatic rings. The zero-order chi connectivity index (χ0) is 15.4. The van der Waals surface area contributed by atoms with Gasteiger partial charge in [0.2, 0.25) is 0 Å². The first kappa shape index (κ1) is 15.4. The van der Waals surface area contributed by atoms with Gasteiger partial charge in [-0.1, -0.05) is 18.2 Å². The van der Waals surface area contributed by atoms with Crippen molar-refractivity contribution in [1.29, 1.82) is 0 Å². The molecule has 2 rings (SSSR count). The average Bonchev–Trinajstić information content (AvgIpc) is 2.46. The van der Waals surface area contributed by atoms with E-state index in [2.05, 4.69) is 15.9 Å². The Balaban J connectivity index is 2.30. The van der Waals surface area contributed by atoms with E-state index in [-0.39, 0.29) is 5.56 Å². The van der Waals surface area contributed by atoms with Gasteiger partial charge in [0, 0.05) is 18.1 Å². The number of aromatic carboxylic acids is 1. The molecule has 0 spiro atoms. The quantitative estimate of drug-likeness (QED) is 0.891. The lowest BCUT2D eigenvalue weighted by Gasteiger charge is -2.22. The van der Waals surface area contributed by atoms with Crippen molar-refractivity contribution in [1.82, 2.24) is 0 Å². The molecule has 0 heterocycles. The minimum Gasteiger partial charge on any atom is -0.497 e. The van der Waals surface area contributed by atoms with Gasteiger partial charge in [-0.15, -0.1) is 0 Å². The Hall–Kier alpha value is -2.01. The zero-order valence-corrected chi connectivity index (χ0v) is 13.4. The zero-order valence-electron chi connectivity index (χ0n) is 11.8. The number of rotatable bonds is 5. The van der Waals surface area contributed by atoms with Gasteiger partial charge in [0.1, 0.15) is 5.75 Å². The number of halogens is 1. The number of hydrogen-bond donors (Lipinski definition) is 1. The van der Waals surface area contributed by atoms with Crippen molar-refractivity contribution < 1.29 is 14.6 Å². The smallest absolute Gasteiger partial charge is 0.338 e. The highest BCUT2D eigenvalue weighted by molar-refractivity contribution is 9.10. The SMILES string of the molecule is COc1cccc(CN(C)c2cccc(Br)c2C(=O)O)c1. The summed E-state index contributed by atoms with van der Waals surface area (Å²) in [6.45, 7) is 0.591. The Morgan fingerprint density at radius 3 is 2.67 bits per heavy atom. The van der Waals surface area contributed by atoms with Crippen LogP contribution >= 0.6 is 15.9 Å². The number of methoxy groups -OCH3 is 1. The van der Waals surface area contributed by atoms with Crippen molar-refractivity contribution in [3.05, 3.63) is 58.1 Å². The topological polar surface area (TPSA) is 49.8 Å². The number of anilines is 1. The molecule has 110 valence electrons. The van der Waals surface area contributed by atoms with Crippen LogP contribution in [0.3, 0.4) is 0 Å². The molecule has 0 fully saturated rings. The first-order chi connectivity index (χ1) is 10.0. The average molecular weight is 350 g/mol. The Bertz CT molecular complexity index is 658. The predicted octanol–water partition coefficient (Wildman–Crippen LogP) is 3.79. The molecular formula is C16H16BrNO3. The summed E-state index contributed by atoms with van der Waals surface area (Å²) in [5, 5.41) is 9.37. The van der Waals surface area contributed by atoms with E-state index in [1.165, 1.54) is 0 Å². The van der Waals surface area contributed by atoms with Gasteiger partial charge in [0.15, 0.2) is 0 Å². The monoisotopic (exact) mass is 349 g/mol. The second-order valence-electron chi connectivity index (χ2n) is 4.65. The highest BCUT2D eigenvalue weighted by Crippen LogP contribution is 2.28. The van der Waals surface area contributed by atoms with Crippen molar-refractivity contribution in [2.45, 2.75) is 6.54 Å². The fourth-order valence-corrected chi connectivity index (χ4v) is 2.70. The van der Waals surface area contributed by atoms with Gasteiger partial charge in [0.05, 0.1) is 18.4 Å². The number of carboxylic acids is 1. The van der Waals surface area contributed by atoms with Crippen molar-refractivity contribution >= 4 is 27.6 Å². The van der Waals surface area contributed by atoms with E-state index in [9.17, 15) is 9.90 Å². The number of hydrogen-bond acceptors (Lipinski definition) is 3. The van der Waals surface area contributed by atoms with E-state index < -0.39 is 5.97 Å². The lowest BCUT2D eigenvalue weighted by Crippen LogP contribution is -2.19. The normalized spacial score (nSPS) is 10.2. The molecule has 4 nitrogen and oxygen atoms in total.